The molecule has 0 fully saturated rings. The van der Waals surface area contributed by atoms with E-state index in [4.69, 9.17) is 9.47 Å². The maximum absolute atomic E-state index is 12.6. The Labute approximate surface area is 155 Å². The van der Waals surface area contributed by atoms with Gasteiger partial charge in [0.2, 0.25) is 5.78 Å². The summed E-state index contributed by atoms with van der Waals surface area (Å²) in [5.41, 5.74) is 0.600. The molecule has 1 N–H and O–H groups in total. The standard InChI is InChI=1S/C18H32N2O6/c1-10-12(21)14(22)13(11(2)3)20(16(24)26-18(7,8)9)19-15(23)25-17(4,5)6/h11,13H,10H2,1-9H3,(H,19,23)/t13-/m0/s1. The lowest BCUT2D eigenvalue weighted by Crippen LogP contribution is -2.59. The van der Waals surface area contributed by atoms with Crippen LogP contribution in [0.15, 0.2) is 0 Å². The highest BCUT2D eigenvalue weighted by Gasteiger charge is 2.39. The van der Waals surface area contributed by atoms with Crippen molar-refractivity contribution < 1.29 is 28.7 Å². The first-order valence-corrected chi connectivity index (χ1v) is 8.68. The number of carbonyl (C=O) groups excluding carboxylic acids is 4. The molecule has 0 aliphatic carbocycles. The molecule has 8 heteroatoms. The second-order valence-electron chi connectivity index (χ2n) is 8.29. The van der Waals surface area contributed by atoms with Crippen LogP contribution in [-0.4, -0.2) is 46.0 Å². The number of nitrogens with one attached hydrogen (secondary N) is 1. The monoisotopic (exact) mass is 372 g/mol. The van der Waals surface area contributed by atoms with Gasteiger partial charge in [-0.3, -0.25) is 9.59 Å². The van der Waals surface area contributed by atoms with Crippen LogP contribution >= 0.6 is 0 Å². The maximum Gasteiger partial charge on any atom is 0.430 e. The number of nitrogens with zero attached hydrogens (tertiary/aromatic N) is 1. The van der Waals surface area contributed by atoms with Crippen LogP contribution in [0.2, 0.25) is 0 Å². The maximum atomic E-state index is 12.6. The molecule has 0 saturated heterocycles. The fraction of sp³-hybridized carbons (Fsp3) is 0.778. The van der Waals surface area contributed by atoms with Crippen molar-refractivity contribution in [3.05, 3.63) is 0 Å². The van der Waals surface area contributed by atoms with Crippen molar-refractivity contribution in [2.45, 2.75) is 86.0 Å². The quantitative estimate of drug-likeness (QED) is 0.587. The molecule has 0 aliphatic heterocycles. The van der Waals surface area contributed by atoms with Gasteiger partial charge in [-0.2, -0.15) is 0 Å². The molecule has 0 saturated carbocycles. The molecule has 26 heavy (non-hydrogen) atoms. The Bertz CT molecular complexity index is 543. The third-order valence-corrected chi connectivity index (χ3v) is 2.98. The summed E-state index contributed by atoms with van der Waals surface area (Å²) in [4.78, 5) is 49.2. The van der Waals surface area contributed by atoms with Gasteiger partial charge in [-0.05, 0) is 47.5 Å². The summed E-state index contributed by atoms with van der Waals surface area (Å²) in [6.07, 6.45) is -1.87. The molecule has 150 valence electrons. The Morgan fingerprint density at radius 1 is 0.923 bits per heavy atom. The van der Waals surface area contributed by atoms with Crippen molar-refractivity contribution in [1.29, 1.82) is 0 Å². The lowest BCUT2D eigenvalue weighted by molar-refractivity contribution is -0.141. The number of amides is 2. The van der Waals surface area contributed by atoms with Crippen molar-refractivity contribution in [1.82, 2.24) is 10.4 Å². The van der Waals surface area contributed by atoms with Crippen molar-refractivity contribution in [2.24, 2.45) is 5.92 Å². The number of ketones is 2. The molecule has 0 aromatic rings. The molecule has 0 aromatic heterocycles. The summed E-state index contributed by atoms with van der Waals surface area (Å²) < 4.78 is 10.4. The summed E-state index contributed by atoms with van der Waals surface area (Å²) in [6, 6.07) is -1.20. The number of carbonyl (C=O) groups is 4. The molecule has 0 radical (unpaired) electrons. The third kappa shape index (κ3) is 8.31. The lowest BCUT2D eigenvalue weighted by atomic mass is 9.96. The normalized spacial score (nSPS) is 13.0. The van der Waals surface area contributed by atoms with Gasteiger partial charge < -0.3 is 9.47 Å². The van der Waals surface area contributed by atoms with Gasteiger partial charge in [-0.1, -0.05) is 20.8 Å². The van der Waals surface area contributed by atoms with Crippen LogP contribution in [0.25, 0.3) is 0 Å². The molecule has 8 nitrogen and oxygen atoms in total. The predicted octanol–water partition coefficient (Wildman–Crippen LogP) is 3.24. The SMILES string of the molecule is CCC(=O)C(=O)[C@H](C(C)C)N(NC(=O)OC(C)(C)C)C(=O)OC(C)(C)C. The topological polar surface area (TPSA) is 102 Å². The molecular formula is C18H32N2O6. The number of hydrogen-bond donors (Lipinski definition) is 1. The Hall–Kier alpha value is -2.12. The van der Waals surface area contributed by atoms with Crippen molar-refractivity contribution in [3.8, 4) is 0 Å². The largest absolute Gasteiger partial charge is 0.443 e. The van der Waals surface area contributed by atoms with Crippen molar-refractivity contribution in [3.63, 3.8) is 0 Å². The van der Waals surface area contributed by atoms with Crippen LogP contribution < -0.4 is 5.43 Å². The van der Waals surface area contributed by atoms with Gasteiger partial charge in [0.15, 0.2) is 5.78 Å². The van der Waals surface area contributed by atoms with E-state index < -0.39 is 46.9 Å². The minimum Gasteiger partial charge on any atom is -0.443 e. The van der Waals surface area contributed by atoms with Gasteiger partial charge in [0.25, 0.3) is 0 Å². The Balaban J connectivity index is 5.78. The zero-order chi connectivity index (χ0) is 20.9. The zero-order valence-electron chi connectivity index (χ0n) is 17.3. The van der Waals surface area contributed by atoms with Crippen LogP contribution in [0.4, 0.5) is 9.59 Å². The first-order chi connectivity index (χ1) is 11.6. The molecule has 0 spiro atoms. The number of hydrazine groups is 1. The van der Waals surface area contributed by atoms with Gasteiger partial charge in [-0.25, -0.2) is 20.0 Å². The van der Waals surface area contributed by atoms with E-state index in [0.29, 0.717) is 0 Å². The smallest absolute Gasteiger partial charge is 0.430 e. The van der Waals surface area contributed by atoms with E-state index >= 15 is 0 Å². The van der Waals surface area contributed by atoms with Gasteiger partial charge in [0, 0.05) is 6.42 Å². The summed E-state index contributed by atoms with van der Waals surface area (Å²) in [7, 11) is 0. The van der Waals surface area contributed by atoms with Crippen LogP contribution in [0.1, 0.15) is 68.7 Å². The first kappa shape index (κ1) is 23.9. The van der Waals surface area contributed by atoms with Crippen LogP contribution in [0.5, 0.6) is 0 Å². The summed E-state index contributed by atoms with van der Waals surface area (Å²) in [5.74, 6) is -1.85. The van der Waals surface area contributed by atoms with E-state index in [1.807, 2.05) is 0 Å². The summed E-state index contributed by atoms with van der Waals surface area (Å²) >= 11 is 0. The Kier molecular flexibility index (Phi) is 8.27. The van der Waals surface area contributed by atoms with Gasteiger partial charge >= 0.3 is 12.2 Å². The molecule has 0 unspecified atom stereocenters. The average molecular weight is 372 g/mol. The molecule has 0 aromatic carbocycles. The zero-order valence-corrected chi connectivity index (χ0v) is 17.3. The van der Waals surface area contributed by atoms with Gasteiger partial charge in [0.1, 0.15) is 17.2 Å². The minimum atomic E-state index is -1.20. The molecule has 0 aliphatic rings. The van der Waals surface area contributed by atoms with E-state index in [0.717, 1.165) is 5.01 Å². The Morgan fingerprint density at radius 3 is 1.73 bits per heavy atom. The highest BCUT2D eigenvalue weighted by molar-refractivity contribution is 6.39. The summed E-state index contributed by atoms with van der Waals surface area (Å²) in [5, 5.41) is 0.750. The van der Waals surface area contributed by atoms with Gasteiger partial charge in [-0.15, -0.1) is 0 Å². The molecule has 1 atom stereocenters. The van der Waals surface area contributed by atoms with E-state index in [9.17, 15) is 19.2 Å². The Morgan fingerprint density at radius 2 is 1.38 bits per heavy atom. The fourth-order valence-corrected chi connectivity index (χ4v) is 2.00. The van der Waals surface area contributed by atoms with Crippen LogP contribution in [0, 0.1) is 5.92 Å². The minimum absolute atomic E-state index is 0.00332. The van der Waals surface area contributed by atoms with E-state index in [2.05, 4.69) is 5.43 Å². The van der Waals surface area contributed by atoms with Crippen LogP contribution in [0.3, 0.4) is 0 Å². The third-order valence-electron chi connectivity index (χ3n) is 2.98. The molecule has 2 amide bonds. The van der Waals surface area contributed by atoms with E-state index in [1.165, 1.54) is 0 Å². The second-order valence-corrected chi connectivity index (χ2v) is 8.29. The number of Topliss-reactive ketones (excluding diaryl/α,β-unsaturated/α-hetero) is 2. The lowest BCUT2D eigenvalue weighted by Gasteiger charge is -2.34. The average Bonchev–Trinajstić information content (AvgIpc) is 2.41. The first-order valence-electron chi connectivity index (χ1n) is 8.68. The predicted molar refractivity (Wildman–Crippen MR) is 96.4 cm³/mol. The highest BCUT2D eigenvalue weighted by Crippen LogP contribution is 2.17. The van der Waals surface area contributed by atoms with E-state index in [1.54, 1.807) is 62.3 Å². The number of ether oxygens (including phenoxy) is 2. The fourth-order valence-electron chi connectivity index (χ4n) is 2.00. The number of hydrogen-bond acceptors (Lipinski definition) is 6. The summed E-state index contributed by atoms with van der Waals surface area (Å²) in [6.45, 7) is 14.8. The second kappa shape index (κ2) is 9.00. The molecule has 0 rings (SSSR count). The molecular weight excluding hydrogens is 340 g/mol. The molecule has 0 heterocycles. The van der Waals surface area contributed by atoms with Crippen LogP contribution in [-0.2, 0) is 19.1 Å². The number of rotatable bonds is 5. The highest BCUT2D eigenvalue weighted by atomic mass is 16.6. The molecule has 0 bridgehead atoms. The van der Waals surface area contributed by atoms with E-state index in [-0.39, 0.29) is 6.42 Å². The van der Waals surface area contributed by atoms with Crippen molar-refractivity contribution >= 4 is 23.8 Å². The van der Waals surface area contributed by atoms with Gasteiger partial charge in [0.05, 0.1) is 0 Å². The van der Waals surface area contributed by atoms with Crippen molar-refractivity contribution in [2.75, 3.05) is 0 Å².